The summed E-state index contributed by atoms with van der Waals surface area (Å²) in [6.45, 7) is 1.55. The summed E-state index contributed by atoms with van der Waals surface area (Å²) in [5, 5.41) is 12.9. The molecule has 0 fully saturated rings. The van der Waals surface area contributed by atoms with E-state index in [4.69, 9.17) is 0 Å². The van der Waals surface area contributed by atoms with Gasteiger partial charge in [-0.3, -0.25) is 4.98 Å². The number of hydrogen-bond donors (Lipinski definition) is 1. The van der Waals surface area contributed by atoms with Crippen molar-refractivity contribution < 1.29 is 18.3 Å². The van der Waals surface area contributed by atoms with Crippen molar-refractivity contribution in [3.05, 3.63) is 42.0 Å². The van der Waals surface area contributed by atoms with E-state index in [1.807, 2.05) is 0 Å². The lowest BCUT2D eigenvalue weighted by atomic mass is 10.2. The topological polar surface area (TPSA) is 50.9 Å². The van der Waals surface area contributed by atoms with Crippen LogP contribution in [0.1, 0.15) is 24.3 Å². The van der Waals surface area contributed by atoms with Crippen LogP contribution >= 0.6 is 0 Å². The first-order valence-corrected chi connectivity index (χ1v) is 5.14. The predicted octanol–water partition coefficient (Wildman–Crippen LogP) is 2.34. The number of nitrogens with zero attached hydrogens (tertiary/aromatic N) is 3. The van der Waals surface area contributed by atoms with Crippen molar-refractivity contribution in [2.75, 3.05) is 0 Å². The van der Waals surface area contributed by atoms with Crippen LogP contribution in [0.4, 0.5) is 13.2 Å². The molecule has 0 aromatic carbocycles. The molecule has 0 aliphatic carbocycles. The third-order valence-corrected chi connectivity index (χ3v) is 2.37. The zero-order valence-corrected chi connectivity index (χ0v) is 9.39. The van der Waals surface area contributed by atoms with Gasteiger partial charge in [-0.05, 0) is 19.1 Å². The van der Waals surface area contributed by atoms with Crippen LogP contribution in [0.15, 0.2) is 30.7 Å². The van der Waals surface area contributed by atoms with Crippen LogP contribution in [-0.2, 0) is 6.18 Å². The largest absolute Gasteiger partial charge is 0.419 e. The number of aliphatic hydroxyl groups is 1. The maximum absolute atomic E-state index is 12.4. The Bertz CT molecular complexity index is 531. The molecule has 2 heterocycles. The van der Waals surface area contributed by atoms with E-state index in [0.29, 0.717) is 11.4 Å². The summed E-state index contributed by atoms with van der Waals surface area (Å²) in [5.41, 5.74) is 0.0268. The molecule has 0 saturated heterocycles. The number of hydrogen-bond acceptors (Lipinski definition) is 3. The fraction of sp³-hybridized carbons (Fsp3) is 0.273. The summed E-state index contributed by atoms with van der Waals surface area (Å²) in [6.07, 6.45) is -2.13. The van der Waals surface area contributed by atoms with Gasteiger partial charge in [0, 0.05) is 6.20 Å². The normalized spacial score (nSPS) is 13.6. The molecule has 0 bridgehead atoms. The summed E-state index contributed by atoms with van der Waals surface area (Å²) < 4.78 is 38.2. The van der Waals surface area contributed by atoms with Gasteiger partial charge in [-0.1, -0.05) is 0 Å². The molecule has 0 amide bonds. The minimum atomic E-state index is -4.41. The first-order chi connectivity index (χ1) is 8.38. The Morgan fingerprint density at radius 2 is 2.00 bits per heavy atom. The average Bonchev–Trinajstić information content (AvgIpc) is 2.78. The summed E-state index contributed by atoms with van der Waals surface area (Å²) >= 11 is 0. The molecule has 1 atom stereocenters. The Kier molecular flexibility index (Phi) is 3.08. The number of aliphatic hydroxyl groups excluding tert-OH is 1. The third kappa shape index (κ3) is 2.51. The van der Waals surface area contributed by atoms with Crippen molar-refractivity contribution in [1.82, 2.24) is 14.8 Å². The lowest BCUT2D eigenvalue weighted by molar-refractivity contribution is -0.137. The monoisotopic (exact) mass is 257 g/mol. The Labute approximate surface area is 101 Å². The van der Waals surface area contributed by atoms with Crippen LogP contribution in [0.5, 0.6) is 0 Å². The lowest BCUT2D eigenvalue weighted by Crippen LogP contribution is -2.03. The second-order valence-corrected chi connectivity index (χ2v) is 3.79. The molecule has 0 aliphatic heterocycles. The molecule has 18 heavy (non-hydrogen) atoms. The van der Waals surface area contributed by atoms with Crippen LogP contribution in [0.2, 0.25) is 0 Å². The van der Waals surface area contributed by atoms with Crippen LogP contribution in [-0.4, -0.2) is 19.9 Å². The van der Waals surface area contributed by atoms with E-state index in [9.17, 15) is 18.3 Å². The van der Waals surface area contributed by atoms with Gasteiger partial charge in [0.25, 0.3) is 0 Å². The standard InChI is InChI=1S/C11H10F3N3O/c1-7(18)10-3-2-9(5-15-10)17-6-8(4-16-17)11(12,13)14/h2-7,18H,1H3/t7-/m0/s1. The van der Waals surface area contributed by atoms with Gasteiger partial charge in [0.05, 0.1) is 35.4 Å². The molecule has 96 valence electrons. The maximum Gasteiger partial charge on any atom is 0.419 e. The maximum atomic E-state index is 12.4. The molecule has 0 radical (unpaired) electrons. The van der Waals surface area contributed by atoms with E-state index in [2.05, 4.69) is 10.1 Å². The summed E-state index contributed by atoms with van der Waals surface area (Å²) in [7, 11) is 0. The van der Waals surface area contributed by atoms with Crippen LogP contribution in [0.3, 0.4) is 0 Å². The molecule has 0 unspecified atom stereocenters. The van der Waals surface area contributed by atoms with E-state index in [1.165, 1.54) is 12.3 Å². The number of pyridine rings is 1. The highest BCUT2D eigenvalue weighted by Gasteiger charge is 2.32. The SMILES string of the molecule is C[C@H](O)c1ccc(-n2cc(C(F)(F)F)cn2)cn1. The highest BCUT2D eigenvalue weighted by Crippen LogP contribution is 2.29. The van der Waals surface area contributed by atoms with Gasteiger partial charge in [0.1, 0.15) is 0 Å². The zero-order valence-electron chi connectivity index (χ0n) is 9.39. The molecule has 0 spiro atoms. The van der Waals surface area contributed by atoms with E-state index < -0.39 is 17.8 Å². The van der Waals surface area contributed by atoms with Gasteiger partial charge in [-0.25, -0.2) is 4.68 Å². The Morgan fingerprint density at radius 1 is 1.28 bits per heavy atom. The second-order valence-electron chi connectivity index (χ2n) is 3.79. The quantitative estimate of drug-likeness (QED) is 0.898. The number of rotatable bonds is 2. The molecule has 2 aromatic rings. The van der Waals surface area contributed by atoms with E-state index in [0.717, 1.165) is 17.1 Å². The van der Waals surface area contributed by atoms with Gasteiger partial charge in [0.15, 0.2) is 0 Å². The molecule has 0 saturated carbocycles. The minimum absolute atomic E-state index is 0.398. The molecular formula is C11H10F3N3O. The van der Waals surface area contributed by atoms with E-state index >= 15 is 0 Å². The molecule has 1 N–H and O–H groups in total. The van der Waals surface area contributed by atoms with Gasteiger partial charge < -0.3 is 5.11 Å². The fourth-order valence-electron chi connectivity index (χ4n) is 1.39. The first-order valence-electron chi connectivity index (χ1n) is 5.14. The van der Waals surface area contributed by atoms with Gasteiger partial charge in [0.2, 0.25) is 0 Å². The summed E-state index contributed by atoms with van der Waals surface area (Å²) in [4.78, 5) is 3.93. The molecule has 2 aromatic heterocycles. The Balaban J connectivity index is 2.29. The van der Waals surface area contributed by atoms with Crippen molar-refractivity contribution >= 4 is 0 Å². The zero-order chi connectivity index (χ0) is 13.3. The highest BCUT2D eigenvalue weighted by molar-refractivity contribution is 5.30. The van der Waals surface area contributed by atoms with Crippen molar-refractivity contribution in [2.24, 2.45) is 0 Å². The first kappa shape index (κ1) is 12.6. The molecule has 2 rings (SSSR count). The fourth-order valence-corrected chi connectivity index (χ4v) is 1.39. The Morgan fingerprint density at radius 3 is 2.44 bits per heavy atom. The van der Waals surface area contributed by atoms with Crippen LogP contribution < -0.4 is 0 Å². The van der Waals surface area contributed by atoms with Crippen molar-refractivity contribution in [3.8, 4) is 5.69 Å². The van der Waals surface area contributed by atoms with Gasteiger partial charge in [-0.2, -0.15) is 18.3 Å². The highest BCUT2D eigenvalue weighted by atomic mass is 19.4. The average molecular weight is 257 g/mol. The molecular weight excluding hydrogens is 247 g/mol. The molecule has 7 heteroatoms. The lowest BCUT2D eigenvalue weighted by Gasteiger charge is -2.05. The molecule has 0 aliphatic rings. The van der Waals surface area contributed by atoms with Crippen LogP contribution in [0, 0.1) is 0 Å². The van der Waals surface area contributed by atoms with Gasteiger partial charge >= 0.3 is 6.18 Å². The second kappa shape index (κ2) is 4.41. The minimum Gasteiger partial charge on any atom is -0.387 e. The summed E-state index contributed by atoms with van der Waals surface area (Å²) in [5.74, 6) is 0. The van der Waals surface area contributed by atoms with Crippen molar-refractivity contribution in [3.63, 3.8) is 0 Å². The van der Waals surface area contributed by atoms with Crippen molar-refractivity contribution in [2.45, 2.75) is 19.2 Å². The van der Waals surface area contributed by atoms with E-state index in [1.54, 1.807) is 13.0 Å². The summed E-state index contributed by atoms with van der Waals surface area (Å²) in [6, 6.07) is 3.08. The van der Waals surface area contributed by atoms with Gasteiger partial charge in [-0.15, -0.1) is 0 Å². The van der Waals surface area contributed by atoms with E-state index in [-0.39, 0.29) is 0 Å². The number of halogens is 3. The number of alkyl halides is 3. The molecule has 4 nitrogen and oxygen atoms in total. The van der Waals surface area contributed by atoms with Crippen molar-refractivity contribution in [1.29, 1.82) is 0 Å². The predicted molar refractivity (Wildman–Crippen MR) is 57.0 cm³/mol. The number of aromatic nitrogens is 3. The third-order valence-electron chi connectivity index (χ3n) is 2.37. The smallest absolute Gasteiger partial charge is 0.387 e. The Hall–Kier alpha value is -1.89. The van der Waals surface area contributed by atoms with Crippen LogP contribution in [0.25, 0.3) is 5.69 Å².